The molecule has 1 unspecified atom stereocenters. The molecule has 0 radical (unpaired) electrons. The number of hydrogen-bond acceptors (Lipinski definition) is 4. The minimum atomic E-state index is -0.657. The lowest BCUT2D eigenvalue weighted by Crippen LogP contribution is -2.13. The van der Waals surface area contributed by atoms with Gasteiger partial charge in [-0.3, -0.25) is 4.79 Å². The molecule has 5 nitrogen and oxygen atoms in total. The van der Waals surface area contributed by atoms with Crippen LogP contribution in [0.1, 0.15) is 22.0 Å². The fraction of sp³-hybridized carbons (Fsp3) is 0.188. The predicted molar refractivity (Wildman–Crippen MR) is 81.4 cm³/mol. The van der Waals surface area contributed by atoms with E-state index in [1.165, 1.54) is 0 Å². The van der Waals surface area contributed by atoms with Gasteiger partial charge < -0.3 is 20.9 Å². The summed E-state index contributed by atoms with van der Waals surface area (Å²) < 4.78 is 5.13. The number of primary amides is 1. The lowest BCUT2D eigenvalue weighted by atomic mass is 10.1. The van der Waals surface area contributed by atoms with Crippen molar-refractivity contribution in [3.05, 3.63) is 59.7 Å². The molecule has 0 aliphatic carbocycles. The molecule has 2 aromatic carbocycles. The number of anilines is 1. The minimum absolute atomic E-state index is 0.350. The van der Waals surface area contributed by atoms with E-state index < -0.39 is 12.0 Å². The van der Waals surface area contributed by atoms with Gasteiger partial charge in [0.1, 0.15) is 5.75 Å². The molecule has 0 aromatic heterocycles. The number of methoxy groups -OCH3 is 1. The van der Waals surface area contributed by atoms with Gasteiger partial charge in [0.05, 0.1) is 13.2 Å². The number of rotatable bonds is 6. The molecule has 0 aliphatic rings. The number of aliphatic hydroxyl groups is 1. The Hall–Kier alpha value is -2.53. The maximum absolute atomic E-state index is 11.0. The molecule has 0 bridgehead atoms. The first kappa shape index (κ1) is 14.9. The van der Waals surface area contributed by atoms with Crippen molar-refractivity contribution in [3.8, 4) is 5.75 Å². The summed E-state index contributed by atoms with van der Waals surface area (Å²) in [4.78, 5) is 11.0. The molecule has 4 N–H and O–H groups in total. The molecule has 0 spiro atoms. The Morgan fingerprint density at radius 3 is 2.62 bits per heavy atom. The third kappa shape index (κ3) is 3.97. The molecule has 1 amide bonds. The highest BCUT2D eigenvalue weighted by Gasteiger charge is 2.08. The number of nitrogens with one attached hydrogen (secondary N) is 1. The number of benzene rings is 2. The Labute approximate surface area is 123 Å². The summed E-state index contributed by atoms with van der Waals surface area (Å²) in [6.45, 7) is 0.350. The average molecular weight is 286 g/mol. The largest absolute Gasteiger partial charge is 0.497 e. The van der Waals surface area contributed by atoms with Gasteiger partial charge in [0, 0.05) is 17.8 Å². The smallest absolute Gasteiger partial charge is 0.248 e. The van der Waals surface area contributed by atoms with Gasteiger partial charge in [0.2, 0.25) is 5.91 Å². The van der Waals surface area contributed by atoms with E-state index in [1.807, 2.05) is 18.2 Å². The molecule has 0 saturated heterocycles. The first-order valence-electron chi connectivity index (χ1n) is 6.56. The number of amides is 1. The van der Waals surface area contributed by atoms with Crippen molar-refractivity contribution in [2.24, 2.45) is 5.73 Å². The van der Waals surface area contributed by atoms with E-state index >= 15 is 0 Å². The molecule has 110 valence electrons. The fourth-order valence-corrected chi connectivity index (χ4v) is 1.93. The topological polar surface area (TPSA) is 84.6 Å². The first-order valence-corrected chi connectivity index (χ1v) is 6.56. The van der Waals surface area contributed by atoms with Crippen LogP contribution in [0, 0.1) is 0 Å². The van der Waals surface area contributed by atoms with Crippen molar-refractivity contribution in [1.29, 1.82) is 0 Å². The maximum Gasteiger partial charge on any atom is 0.248 e. The van der Waals surface area contributed by atoms with E-state index in [0.29, 0.717) is 17.9 Å². The second-order valence-electron chi connectivity index (χ2n) is 4.61. The van der Waals surface area contributed by atoms with Gasteiger partial charge in [-0.05, 0) is 42.0 Å². The van der Waals surface area contributed by atoms with Gasteiger partial charge in [-0.15, -0.1) is 0 Å². The van der Waals surface area contributed by atoms with Gasteiger partial charge >= 0.3 is 0 Å². The van der Waals surface area contributed by atoms with Gasteiger partial charge in [0.15, 0.2) is 0 Å². The Bertz CT molecular complexity index is 611. The second-order valence-corrected chi connectivity index (χ2v) is 4.61. The minimum Gasteiger partial charge on any atom is -0.497 e. The summed E-state index contributed by atoms with van der Waals surface area (Å²) in [5, 5.41) is 13.3. The van der Waals surface area contributed by atoms with Crippen LogP contribution < -0.4 is 15.8 Å². The summed E-state index contributed by atoms with van der Waals surface area (Å²) in [6.07, 6.45) is -0.657. The fourth-order valence-electron chi connectivity index (χ4n) is 1.93. The predicted octanol–water partition coefficient (Wildman–Crippen LogP) is 1.94. The highest BCUT2D eigenvalue weighted by molar-refractivity contribution is 5.93. The number of carbonyl (C=O) groups is 1. The average Bonchev–Trinajstić information content (AvgIpc) is 2.53. The molecule has 5 heteroatoms. The maximum atomic E-state index is 11.0. The van der Waals surface area contributed by atoms with Crippen LogP contribution in [0.4, 0.5) is 5.69 Å². The van der Waals surface area contributed by atoms with E-state index in [2.05, 4.69) is 5.32 Å². The summed E-state index contributed by atoms with van der Waals surface area (Å²) in [5.41, 5.74) is 7.21. The molecule has 1 atom stereocenters. The zero-order valence-electron chi connectivity index (χ0n) is 11.7. The summed E-state index contributed by atoms with van der Waals surface area (Å²) in [6, 6.07) is 14.1. The number of carbonyl (C=O) groups excluding carboxylic acids is 1. The number of ether oxygens (including phenoxy) is 1. The van der Waals surface area contributed by atoms with E-state index in [1.54, 1.807) is 37.4 Å². The standard InChI is InChI=1S/C16H18N2O3/c1-21-14-4-2-3-12(9-14)15(19)10-18-13-7-5-11(6-8-13)16(17)20/h2-9,15,18-19H,10H2,1H3,(H2,17,20). The quantitative estimate of drug-likeness (QED) is 0.757. The lowest BCUT2D eigenvalue weighted by molar-refractivity contribution is 0.100. The molecule has 0 aliphatic heterocycles. The molecular formula is C16H18N2O3. The normalized spacial score (nSPS) is 11.7. The molecule has 21 heavy (non-hydrogen) atoms. The highest BCUT2D eigenvalue weighted by Crippen LogP contribution is 2.19. The highest BCUT2D eigenvalue weighted by atomic mass is 16.5. The first-order chi connectivity index (χ1) is 10.1. The molecular weight excluding hydrogens is 268 g/mol. The summed E-state index contributed by atoms with van der Waals surface area (Å²) in [5.74, 6) is 0.246. The Morgan fingerprint density at radius 1 is 1.29 bits per heavy atom. The van der Waals surface area contributed by atoms with Crippen LogP contribution >= 0.6 is 0 Å². The third-order valence-corrected chi connectivity index (χ3v) is 3.15. The van der Waals surface area contributed by atoms with Crippen LogP contribution in [-0.4, -0.2) is 24.7 Å². The van der Waals surface area contributed by atoms with E-state index in [9.17, 15) is 9.90 Å². The van der Waals surface area contributed by atoms with Crippen molar-refractivity contribution in [2.75, 3.05) is 19.0 Å². The number of nitrogens with two attached hydrogens (primary N) is 1. The van der Waals surface area contributed by atoms with E-state index in [0.717, 1.165) is 11.3 Å². The summed E-state index contributed by atoms with van der Waals surface area (Å²) in [7, 11) is 1.59. The molecule has 0 heterocycles. The van der Waals surface area contributed by atoms with Gasteiger partial charge in [-0.2, -0.15) is 0 Å². The Balaban J connectivity index is 1.96. The monoisotopic (exact) mass is 286 g/mol. The Morgan fingerprint density at radius 2 is 2.00 bits per heavy atom. The van der Waals surface area contributed by atoms with Crippen LogP contribution in [0.3, 0.4) is 0 Å². The van der Waals surface area contributed by atoms with Crippen molar-refractivity contribution >= 4 is 11.6 Å². The van der Waals surface area contributed by atoms with Crippen molar-refractivity contribution in [2.45, 2.75) is 6.10 Å². The SMILES string of the molecule is COc1cccc(C(O)CNc2ccc(C(N)=O)cc2)c1. The van der Waals surface area contributed by atoms with Crippen LogP contribution in [0.15, 0.2) is 48.5 Å². The molecule has 2 rings (SSSR count). The number of hydrogen-bond donors (Lipinski definition) is 3. The van der Waals surface area contributed by atoms with Crippen LogP contribution in [0.25, 0.3) is 0 Å². The lowest BCUT2D eigenvalue weighted by Gasteiger charge is -2.14. The zero-order valence-corrected chi connectivity index (χ0v) is 11.7. The number of aliphatic hydroxyl groups excluding tert-OH is 1. The molecule has 0 fully saturated rings. The van der Waals surface area contributed by atoms with Crippen molar-refractivity contribution in [3.63, 3.8) is 0 Å². The molecule has 2 aromatic rings. The van der Waals surface area contributed by atoms with Crippen LogP contribution in [0.2, 0.25) is 0 Å². The Kier molecular flexibility index (Phi) is 4.79. The zero-order chi connectivity index (χ0) is 15.2. The van der Waals surface area contributed by atoms with Gasteiger partial charge in [0.25, 0.3) is 0 Å². The van der Waals surface area contributed by atoms with Crippen LogP contribution in [-0.2, 0) is 0 Å². The van der Waals surface area contributed by atoms with Crippen LogP contribution in [0.5, 0.6) is 5.75 Å². The summed E-state index contributed by atoms with van der Waals surface area (Å²) >= 11 is 0. The van der Waals surface area contributed by atoms with E-state index in [4.69, 9.17) is 10.5 Å². The van der Waals surface area contributed by atoms with Crippen molar-refractivity contribution in [1.82, 2.24) is 0 Å². The second kappa shape index (κ2) is 6.76. The van der Waals surface area contributed by atoms with E-state index in [-0.39, 0.29) is 0 Å². The third-order valence-electron chi connectivity index (χ3n) is 3.15. The van der Waals surface area contributed by atoms with Crippen molar-refractivity contribution < 1.29 is 14.6 Å². The molecule has 0 saturated carbocycles. The van der Waals surface area contributed by atoms with Gasteiger partial charge in [-0.25, -0.2) is 0 Å². The van der Waals surface area contributed by atoms with Gasteiger partial charge in [-0.1, -0.05) is 12.1 Å².